The lowest BCUT2D eigenvalue weighted by atomic mass is 12.0. The summed E-state index contributed by atoms with van der Waals surface area (Å²) >= 11 is 0. The molecule has 0 amide bonds. The van der Waals surface area contributed by atoms with Gasteiger partial charge in [0.2, 0.25) is 0 Å². The Morgan fingerprint density at radius 2 is 0.238 bits per heavy atom. The maximum atomic E-state index is 5.94. The molecule has 0 aromatic carbocycles. The smallest absolute Gasteiger partial charge is 0.0194 e. The lowest BCUT2D eigenvalue weighted by molar-refractivity contribution is 2.13. The molecule has 0 radical (unpaired) electrons. The van der Waals surface area contributed by atoms with Gasteiger partial charge in [0.05, 0.1) is 0 Å². The van der Waals surface area contributed by atoms with Gasteiger partial charge in [0.15, 0.2) is 0 Å². The van der Waals surface area contributed by atoms with Gasteiger partial charge in [-0.1, -0.05) is 111 Å². The second kappa shape index (κ2) is 121000. The summed E-state index contributed by atoms with van der Waals surface area (Å²) in [4.78, 5) is 0. The molecule has 21 heavy (non-hydrogen) atoms. The second-order valence-corrected chi connectivity index (χ2v) is 0. The van der Waals surface area contributed by atoms with Crippen molar-refractivity contribution in [1.82, 2.24) is 36.9 Å². The summed E-state index contributed by atoms with van der Waals surface area (Å²) in [5.41, 5.74) is 0. The van der Waals surface area contributed by atoms with Crippen molar-refractivity contribution in [2.24, 2.45) is 0 Å². The van der Waals surface area contributed by atoms with Crippen LogP contribution < -0.4 is 36.9 Å². The molecule has 0 saturated heterocycles. The van der Waals surface area contributed by atoms with Crippen molar-refractivity contribution in [3.63, 3.8) is 0 Å². The monoisotopic (exact) mass is 355 g/mol. The number of hydrogen-bond acceptors (Lipinski definition) is 6. The number of hydrogen-bond donors (Lipinski definition) is 6. The summed E-state index contributed by atoms with van der Waals surface area (Å²) in [6, 6.07) is 0. The van der Waals surface area contributed by atoms with Gasteiger partial charge in [0, 0.05) is 16.4 Å². The molecule has 0 aliphatic carbocycles. The molecule has 0 fully saturated rings. The molecule has 0 heterocycles. The second-order valence-electron chi connectivity index (χ2n) is 0. The van der Waals surface area contributed by atoms with E-state index in [9.17, 15) is 0 Å². The zero-order valence-electron chi connectivity index (χ0n) is 17.7. The van der Waals surface area contributed by atoms with Crippen molar-refractivity contribution < 1.29 is 16.4 Å². The summed E-state index contributed by atoms with van der Waals surface area (Å²) in [6.45, 7) is 0. The quantitative estimate of drug-likeness (QED) is 0.248. The molecule has 0 aliphatic heterocycles. The van der Waals surface area contributed by atoms with Crippen LogP contribution in [0.3, 0.4) is 0 Å². The maximum absolute atomic E-state index is 5.94. The zero-order chi connectivity index (χ0) is 13.5. The Hall–Kier alpha value is -0.240. The largest absolute Gasteiger partial charge is 0.344 e. The van der Waals surface area contributed by atoms with Crippen LogP contribution in [0, 0.1) is 0 Å². The molecule has 6 heteroatoms. The molecule has 0 rings (SSSR count). The van der Waals surface area contributed by atoms with Crippen molar-refractivity contribution in [2.75, 3.05) is 0 Å². The lowest BCUT2D eigenvalue weighted by Gasteiger charge is -0.345. The topological polar surface area (TPSA) is 210 Å². The molecular formula is C15H78N6. The van der Waals surface area contributed by atoms with Gasteiger partial charge in [0.25, 0.3) is 0 Å². The van der Waals surface area contributed by atoms with Crippen LogP contribution >= 0.6 is 0 Å². The summed E-state index contributed by atoms with van der Waals surface area (Å²) in [7, 11) is -7.50. The third kappa shape index (κ3) is 108000. The van der Waals surface area contributed by atoms with Crippen molar-refractivity contribution in [1.29, 1.82) is 0 Å². The first-order chi connectivity index (χ1) is 6.00. The van der Waals surface area contributed by atoms with Gasteiger partial charge < -0.3 is 36.9 Å². The first-order valence-electron chi connectivity index (χ1n) is 6.00. The minimum Gasteiger partial charge on any atom is -0.344 e. The Balaban J connectivity index is -0.00000000271. The minimum atomic E-state index is -2.50. The van der Waals surface area contributed by atoms with Crippen molar-refractivity contribution in [3.05, 3.63) is 0 Å². The Bertz CT molecular complexity index is 124. The lowest BCUT2D eigenvalue weighted by Crippen LogP contribution is -0.482. The normalized spacial score (nSPS) is 9.14. The molecule has 18 N–H and O–H groups in total. The van der Waals surface area contributed by atoms with Crippen LogP contribution in [0.4, 0.5) is 0 Å². The summed E-state index contributed by atoms with van der Waals surface area (Å²) in [6.07, 6.45) is 0. The van der Waals surface area contributed by atoms with Gasteiger partial charge >= 0.3 is 0 Å². The van der Waals surface area contributed by atoms with Crippen molar-refractivity contribution >= 4 is 0 Å². The first kappa shape index (κ1) is 58.6. The van der Waals surface area contributed by atoms with E-state index < -0.39 is 22.0 Å². The Morgan fingerprint density at radius 3 is 0.238 bits per heavy atom. The average Bonchev–Trinajstić information content (AvgIpc) is 1.41. The first-order valence-corrected chi connectivity index (χ1v) is 0. The van der Waals surface area contributed by atoms with E-state index >= 15 is 0 Å². The van der Waals surface area contributed by atoms with E-state index in [0.29, 0.717) is 0 Å². The van der Waals surface area contributed by atoms with E-state index in [4.69, 9.17) is 16.4 Å². The molecular weight excluding hydrogens is 264 g/mol. The van der Waals surface area contributed by atoms with Crippen LogP contribution in [0.5, 0.6) is 0 Å². The predicted molar refractivity (Wildman–Crippen MR) is 131 cm³/mol. The molecule has 168 valence electrons. The standard InChI is InChI=1S/15CH4.6H3N/h15*1H4;6*1H3/i3*1D4;;;;;;;;;;;;;;;;;;. The van der Waals surface area contributed by atoms with Crippen LogP contribution in [0.2, 0.25) is 0 Å². The fraction of sp³-hybridized carbons (Fsp3) is 1.00. The maximum Gasteiger partial charge on any atom is 0.0194 e. The van der Waals surface area contributed by atoms with Gasteiger partial charge in [-0.2, -0.15) is 0 Å². The zero-order valence-corrected chi connectivity index (χ0v) is 5.74. The van der Waals surface area contributed by atoms with Gasteiger partial charge in [0.1, 0.15) is 0 Å². The summed E-state index contributed by atoms with van der Waals surface area (Å²) < 4.78 is 71.2. The molecule has 0 spiro atoms. The van der Waals surface area contributed by atoms with Crippen LogP contribution in [-0.4, -0.2) is 0 Å². The van der Waals surface area contributed by atoms with Gasteiger partial charge in [-0.05, 0) is 0 Å². The van der Waals surface area contributed by atoms with E-state index in [1.165, 1.54) is 0 Å². The van der Waals surface area contributed by atoms with Crippen LogP contribution in [0.15, 0.2) is 0 Å². The van der Waals surface area contributed by atoms with Gasteiger partial charge in [-0.15, -0.1) is 0 Å². The highest BCUT2D eigenvalue weighted by atomic mass is 14.0. The van der Waals surface area contributed by atoms with Gasteiger partial charge in [-0.25, -0.2) is 0 Å². The third-order valence-electron chi connectivity index (χ3n) is 0. The molecule has 0 saturated carbocycles. The highest BCUT2D eigenvalue weighted by Gasteiger charge is -0.0632. The molecule has 0 aromatic heterocycles. The minimum absolute atomic E-state index is 0. The Morgan fingerprint density at radius 1 is 0.238 bits per heavy atom. The van der Waals surface area contributed by atoms with E-state index in [1.54, 1.807) is 0 Å². The molecule has 0 aliphatic rings. The predicted octanol–water partition coefficient (Wildman–Crippen LogP) is 10.5. The van der Waals surface area contributed by atoms with E-state index in [1.807, 2.05) is 0 Å². The van der Waals surface area contributed by atoms with Crippen LogP contribution in [0.25, 0.3) is 0 Å². The summed E-state index contributed by atoms with van der Waals surface area (Å²) in [5.74, 6) is 0. The van der Waals surface area contributed by atoms with E-state index in [2.05, 4.69) is 0 Å². The number of rotatable bonds is 0. The summed E-state index contributed by atoms with van der Waals surface area (Å²) in [5, 5.41) is 0. The Labute approximate surface area is 166 Å². The molecule has 0 unspecified atom stereocenters. The van der Waals surface area contributed by atoms with Gasteiger partial charge in [-0.3, -0.25) is 0 Å². The Kier molecular flexibility index (Phi) is 337000. The van der Waals surface area contributed by atoms with Crippen LogP contribution in [0.1, 0.15) is 128 Å². The fourth-order valence-electron chi connectivity index (χ4n) is 0. The molecule has 0 aromatic rings. The molecule has 0 atom stereocenters. The average molecular weight is 355 g/mol. The van der Waals surface area contributed by atoms with Crippen LogP contribution in [-0.2, 0) is 0 Å². The van der Waals surface area contributed by atoms with E-state index in [-0.39, 0.29) is 126 Å². The molecule has 6 nitrogen and oxygen atoms in total. The fourth-order valence-corrected chi connectivity index (χ4v) is 0. The SMILES string of the molecule is C.C.C.C.C.C.C.C.C.C.C.C.N.N.N.N.N.N.[2H]C([2H])([2H])[2H].[2H]C([2H])([2H])[2H].[2H]C([2H])([2H])[2H]. The van der Waals surface area contributed by atoms with Crippen molar-refractivity contribution in [3.8, 4) is 0 Å². The van der Waals surface area contributed by atoms with E-state index in [0.717, 1.165) is 0 Å². The highest BCUT2D eigenvalue weighted by Crippen LogP contribution is 0.158. The highest BCUT2D eigenvalue weighted by molar-refractivity contribution is 2.52. The third-order valence-corrected chi connectivity index (χ3v) is 0. The van der Waals surface area contributed by atoms with Crippen molar-refractivity contribution in [2.45, 2.75) is 111 Å². The molecule has 0 bridgehead atoms.